The summed E-state index contributed by atoms with van der Waals surface area (Å²) in [4.78, 5) is 4.89. The van der Waals surface area contributed by atoms with Crippen LogP contribution in [0, 0.1) is 6.92 Å². The number of hydrogen-bond donors (Lipinski definition) is 0. The Hall–Kier alpha value is -2.98. The van der Waals surface area contributed by atoms with Crippen molar-refractivity contribution < 1.29 is 9.47 Å². The van der Waals surface area contributed by atoms with Crippen molar-refractivity contribution >= 4 is 22.6 Å². The summed E-state index contributed by atoms with van der Waals surface area (Å²) in [7, 11) is 0. The molecular weight excluding hydrogens is 444 g/mol. The molecule has 1 atom stereocenters. The Balaban J connectivity index is 1.43. The maximum atomic E-state index is 6.19. The van der Waals surface area contributed by atoms with Gasteiger partial charge in [-0.15, -0.1) is 0 Å². The molecular formula is C29H33ClN2O2. The number of rotatable bonds is 10. The molecule has 1 heterocycles. The highest BCUT2D eigenvalue weighted by Gasteiger charge is 2.18. The molecule has 0 fully saturated rings. The van der Waals surface area contributed by atoms with Gasteiger partial charge >= 0.3 is 0 Å². The molecule has 0 aliphatic carbocycles. The van der Waals surface area contributed by atoms with Gasteiger partial charge in [0.05, 0.1) is 17.6 Å². The zero-order chi connectivity index (χ0) is 24.1. The van der Waals surface area contributed by atoms with E-state index in [1.165, 1.54) is 11.1 Å². The highest BCUT2D eigenvalue weighted by molar-refractivity contribution is 6.30. The Morgan fingerprint density at radius 3 is 2.47 bits per heavy atom. The molecule has 0 radical (unpaired) electrons. The lowest BCUT2D eigenvalue weighted by atomic mass is 10.0. The van der Waals surface area contributed by atoms with Crippen LogP contribution in [0.5, 0.6) is 11.5 Å². The fourth-order valence-electron chi connectivity index (χ4n) is 4.21. The van der Waals surface area contributed by atoms with E-state index < -0.39 is 0 Å². The zero-order valence-corrected chi connectivity index (χ0v) is 21.2. The summed E-state index contributed by atoms with van der Waals surface area (Å²) in [5.74, 6) is 3.16. The van der Waals surface area contributed by atoms with Crippen molar-refractivity contribution in [3.05, 3.63) is 88.7 Å². The minimum atomic E-state index is -0.189. The monoisotopic (exact) mass is 476 g/mol. The van der Waals surface area contributed by atoms with Gasteiger partial charge in [-0.1, -0.05) is 49.7 Å². The number of aryl methyl sites for hydroxylation is 2. The van der Waals surface area contributed by atoms with Gasteiger partial charge in [-0.3, -0.25) is 0 Å². The Bertz CT molecular complexity index is 1230. The number of imidazole rings is 1. The van der Waals surface area contributed by atoms with Gasteiger partial charge in [0.1, 0.15) is 11.5 Å². The van der Waals surface area contributed by atoms with E-state index in [1.807, 2.05) is 37.3 Å². The molecule has 0 N–H and O–H groups in total. The predicted molar refractivity (Wildman–Crippen MR) is 140 cm³/mol. The first kappa shape index (κ1) is 24.2. The molecule has 1 unspecified atom stereocenters. The lowest BCUT2D eigenvalue weighted by molar-refractivity contribution is 0.211. The molecule has 1 aromatic heterocycles. The predicted octanol–water partition coefficient (Wildman–Crippen LogP) is 8.12. The first-order chi connectivity index (χ1) is 16.4. The summed E-state index contributed by atoms with van der Waals surface area (Å²) < 4.78 is 14.7. The number of para-hydroxylation sites is 2. The normalized spacial score (nSPS) is 12.3. The Morgan fingerprint density at radius 1 is 0.941 bits per heavy atom. The molecule has 178 valence electrons. The summed E-state index contributed by atoms with van der Waals surface area (Å²) in [6.07, 6.45) is 1.76. The van der Waals surface area contributed by atoms with Crippen LogP contribution in [0.25, 0.3) is 11.0 Å². The second kappa shape index (κ2) is 11.0. The third-order valence-electron chi connectivity index (χ3n) is 6.00. The number of fused-ring (bicyclic) bond motifs is 1. The number of benzene rings is 3. The van der Waals surface area contributed by atoms with Crippen molar-refractivity contribution in [1.29, 1.82) is 0 Å². The molecule has 3 aromatic carbocycles. The van der Waals surface area contributed by atoms with Crippen LogP contribution in [0.4, 0.5) is 0 Å². The fraction of sp³-hybridized carbons (Fsp3) is 0.345. The molecule has 34 heavy (non-hydrogen) atoms. The minimum absolute atomic E-state index is 0.189. The Kier molecular flexibility index (Phi) is 7.79. The zero-order valence-electron chi connectivity index (χ0n) is 20.4. The molecule has 4 rings (SSSR count). The van der Waals surface area contributed by atoms with Crippen molar-refractivity contribution in [3.8, 4) is 11.5 Å². The molecule has 4 nitrogen and oxygen atoms in total. The van der Waals surface area contributed by atoms with Gasteiger partial charge in [0.2, 0.25) is 0 Å². The molecule has 0 aliphatic rings. The standard InChI is InChI=1S/C29H33ClN2O2/c1-20(2)25-16-11-21(3)19-28(25)33-18-8-7-17-32-27-10-6-5-9-26(27)31-29(32)22(4)34-24-14-12-23(30)13-15-24/h5-6,9-16,19-20,22H,7-8,17-18H2,1-4H3. The van der Waals surface area contributed by atoms with E-state index >= 15 is 0 Å². The smallest absolute Gasteiger partial charge is 0.153 e. The van der Waals surface area contributed by atoms with E-state index in [2.05, 4.69) is 61.7 Å². The third-order valence-corrected chi connectivity index (χ3v) is 6.25. The average molecular weight is 477 g/mol. The molecule has 4 aromatic rings. The molecule has 0 bridgehead atoms. The number of ether oxygens (including phenoxy) is 2. The van der Waals surface area contributed by atoms with Gasteiger partial charge in [0.15, 0.2) is 11.9 Å². The highest BCUT2D eigenvalue weighted by atomic mass is 35.5. The summed E-state index contributed by atoms with van der Waals surface area (Å²) in [5, 5.41) is 0.695. The van der Waals surface area contributed by atoms with E-state index in [1.54, 1.807) is 0 Å². The second-order valence-electron chi connectivity index (χ2n) is 9.08. The molecule has 5 heteroatoms. The van der Waals surface area contributed by atoms with Crippen molar-refractivity contribution in [1.82, 2.24) is 9.55 Å². The summed E-state index contributed by atoms with van der Waals surface area (Å²) in [5.41, 5.74) is 4.61. The van der Waals surface area contributed by atoms with Crippen LogP contribution in [-0.4, -0.2) is 16.2 Å². The topological polar surface area (TPSA) is 36.3 Å². The maximum Gasteiger partial charge on any atom is 0.153 e. The summed E-state index contributed by atoms with van der Waals surface area (Å²) in [6.45, 7) is 10.1. The van der Waals surface area contributed by atoms with Gasteiger partial charge in [-0.05, 0) is 86.2 Å². The van der Waals surface area contributed by atoms with Crippen LogP contribution < -0.4 is 9.47 Å². The van der Waals surface area contributed by atoms with Gasteiger partial charge < -0.3 is 14.0 Å². The number of halogens is 1. The van der Waals surface area contributed by atoms with Crippen LogP contribution in [0.1, 0.15) is 62.6 Å². The van der Waals surface area contributed by atoms with Crippen molar-refractivity contribution in [2.24, 2.45) is 0 Å². The fourth-order valence-corrected chi connectivity index (χ4v) is 4.33. The van der Waals surface area contributed by atoms with Crippen molar-refractivity contribution in [2.45, 2.75) is 59.1 Å². The van der Waals surface area contributed by atoms with Crippen molar-refractivity contribution in [3.63, 3.8) is 0 Å². The van der Waals surface area contributed by atoms with Crippen LogP contribution in [0.15, 0.2) is 66.7 Å². The first-order valence-electron chi connectivity index (χ1n) is 12.0. The molecule has 0 saturated heterocycles. The van der Waals surface area contributed by atoms with Gasteiger partial charge in [-0.2, -0.15) is 0 Å². The molecule has 0 aliphatic heterocycles. The van der Waals surface area contributed by atoms with Crippen LogP contribution in [-0.2, 0) is 6.54 Å². The van der Waals surface area contributed by atoms with E-state index in [-0.39, 0.29) is 6.10 Å². The molecule has 0 saturated carbocycles. The number of aromatic nitrogens is 2. The van der Waals surface area contributed by atoms with Gasteiger partial charge in [0.25, 0.3) is 0 Å². The van der Waals surface area contributed by atoms with Crippen LogP contribution in [0.2, 0.25) is 5.02 Å². The van der Waals surface area contributed by atoms with Gasteiger partial charge in [-0.25, -0.2) is 4.98 Å². The number of unbranched alkanes of at least 4 members (excludes halogenated alkanes) is 1. The highest BCUT2D eigenvalue weighted by Crippen LogP contribution is 2.29. The molecule has 0 spiro atoms. The quantitative estimate of drug-likeness (QED) is 0.217. The van der Waals surface area contributed by atoms with Crippen LogP contribution >= 0.6 is 11.6 Å². The van der Waals surface area contributed by atoms with E-state index in [0.717, 1.165) is 47.7 Å². The first-order valence-corrected chi connectivity index (χ1v) is 12.4. The van der Waals surface area contributed by atoms with E-state index in [0.29, 0.717) is 17.5 Å². The second-order valence-corrected chi connectivity index (χ2v) is 9.51. The Labute approximate surface area is 207 Å². The SMILES string of the molecule is Cc1ccc(C(C)C)c(OCCCCn2c(C(C)Oc3ccc(Cl)cc3)nc3ccccc32)c1. The lowest BCUT2D eigenvalue weighted by Crippen LogP contribution is -2.13. The molecule has 0 amide bonds. The van der Waals surface area contributed by atoms with Crippen LogP contribution in [0.3, 0.4) is 0 Å². The van der Waals surface area contributed by atoms with E-state index in [9.17, 15) is 0 Å². The maximum absolute atomic E-state index is 6.19. The Morgan fingerprint density at radius 2 is 1.71 bits per heavy atom. The van der Waals surface area contributed by atoms with Crippen molar-refractivity contribution in [2.75, 3.05) is 6.61 Å². The third kappa shape index (κ3) is 5.74. The summed E-state index contributed by atoms with van der Waals surface area (Å²) >= 11 is 6.02. The van der Waals surface area contributed by atoms with Gasteiger partial charge in [0, 0.05) is 11.6 Å². The summed E-state index contributed by atoms with van der Waals surface area (Å²) in [6, 6.07) is 22.2. The number of hydrogen-bond acceptors (Lipinski definition) is 3. The lowest BCUT2D eigenvalue weighted by Gasteiger charge is -2.17. The number of nitrogens with zero attached hydrogens (tertiary/aromatic N) is 2. The average Bonchev–Trinajstić information content (AvgIpc) is 3.19. The minimum Gasteiger partial charge on any atom is -0.493 e. The largest absolute Gasteiger partial charge is 0.493 e. The van der Waals surface area contributed by atoms with E-state index in [4.69, 9.17) is 26.1 Å².